The predicted molar refractivity (Wildman–Crippen MR) is 110 cm³/mol. The molecule has 1 heterocycles. The van der Waals surface area contributed by atoms with Crippen molar-refractivity contribution in [2.24, 2.45) is 0 Å². The van der Waals surface area contributed by atoms with E-state index in [4.69, 9.17) is 17.0 Å². The second-order valence-corrected chi connectivity index (χ2v) is 9.99. The van der Waals surface area contributed by atoms with E-state index >= 15 is 0 Å². The normalized spacial score (nSPS) is 14.6. The van der Waals surface area contributed by atoms with E-state index in [1.165, 1.54) is 25.3 Å². The van der Waals surface area contributed by atoms with Crippen LogP contribution in [0.1, 0.15) is 55.8 Å². The standard InChI is InChI=1S/C18H25N5O4S2/c1-18(2,3)22-29(25,26)14-9-11(5-8-13(14)27-4)16(24)19-10-15-20-21-17(28)23(15)12-6-7-12/h5,8-9,12,22H,6-7,10H2,1-4H3,(H,19,24)(H,21,28). The Balaban J connectivity index is 1.82. The van der Waals surface area contributed by atoms with Crippen molar-refractivity contribution in [2.75, 3.05) is 7.11 Å². The van der Waals surface area contributed by atoms with Gasteiger partial charge in [-0.2, -0.15) is 5.10 Å². The number of aromatic nitrogens is 3. The molecule has 158 valence electrons. The van der Waals surface area contributed by atoms with E-state index in [0.717, 1.165) is 12.8 Å². The van der Waals surface area contributed by atoms with E-state index in [-0.39, 0.29) is 22.8 Å². The quantitative estimate of drug-likeness (QED) is 0.570. The summed E-state index contributed by atoms with van der Waals surface area (Å²) < 4.78 is 35.7. The molecular formula is C18H25N5O4S2. The fraction of sp³-hybridized carbons (Fsp3) is 0.500. The van der Waals surface area contributed by atoms with Crippen molar-refractivity contribution < 1.29 is 17.9 Å². The van der Waals surface area contributed by atoms with Gasteiger partial charge in [-0.05, 0) is 64.0 Å². The van der Waals surface area contributed by atoms with Crippen molar-refractivity contribution in [1.82, 2.24) is 24.8 Å². The van der Waals surface area contributed by atoms with Crippen LogP contribution in [0.5, 0.6) is 5.75 Å². The van der Waals surface area contributed by atoms with Crippen molar-refractivity contribution in [3.05, 3.63) is 34.4 Å². The summed E-state index contributed by atoms with van der Waals surface area (Å²) in [5.74, 6) is 0.380. The fourth-order valence-electron chi connectivity index (χ4n) is 2.92. The maximum absolute atomic E-state index is 12.8. The Morgan fingerprint density at radius 3 is 2.66 bits per heavy atom. The van der Waals surface area contributed by atoms with Crippen LogP contribution in [0.2, 0.25) is 0 Å². The van der Waals surface area contributed by atoms with Gasteiger partial charge in [0, 0.05) is 17.1 Å². The molecule has 1 aromatic carbocycles. The molecule has 11 heteroatoms. The zero-order valence-corrected chi connectivity index (χ0v) is 18.4. The number of carbonyl (C=O) groups excluding carboxylic acids is 1. The summed E-state index contributed by atoms with van der Waals surface area (Å²) >= 11 is 5.24. The molecule has 1 saturated carbocycles. The number of carbonyl (C=O) groups is 1. The Bertz CT molecular complexity index is 1080. The first-order valence-electron chi connectivity index (χ1n) is 9.18. The van der Waals surface area contributed by atoms with Gasteiger partial charge in [0.05, 0.1) is 13.7 Å². The lowest BCUT2D eigenvalue weighted by molar-refractivity contribution is 0.0949. The third kappa shape index (κ3) is 5.03. The first-order chi connectivity index (χ1) is 13.5. The molecule has 29 heavy (non-hydrogen) atoms. The number of benzene rings is 1. The van der Waals surface area contributed by atoms with Gasteiger partial charge in [0.25, 0.3) is 5.91 Å². The van der Waals surface area contributed by atoms with Crippen molar-refractivity contribution in [3.63, 3.8) is 0 Å². The largest absolute Gasteiger partial charge is 0.495 e. The molecule has 0 saturated heterocycles. The molecule has 0 unspecified atom stereocenters. The van der Waals surface area contributed by atoms with Crippen LogP contribution in [-0.4, -0.2) is 41.7 Å². The van der Waals surface area contributed by atoms with Gasteiger partial charge in [-0.1, -0.05) is 0 Å². The molecule has 3 N–H and O–H groups in total. The number of hydrogen-bond donors (Lipinski definition) is 3. The van der Waals surface area contributed by atoms with E-state index in [9.17, 15) is 13.2 Å². The minimum absolute atomic E-state index is 0.0942. The van der Waals surface area contributed by atoms with Gasteiger partial charge in [-0.3, -0.25) is 14.5 Å². The van der Waals surface area contributed by atoms with Crippen molar-refractivity contribution >= 4 is 28.1 Å². The summed E-state index contributed by atoms with van der Waals surface area (Å²) in [6.45, 7) is 5.39. The molecule has 3 rings (SSSR count). The molecule has 2 aromatic rings. The SMILES string of the molecule is COc1ccc(C(=O)NCc2n[nH]c(=S)n2C2CC2)cc1S(=O)(=O)NC(C)(C)C. The lowest BCUT2D eigenvalue weighted by Crippen LogP contribution is -2.40. The van der Waals surface area contributed by atoms with Crippen LogP contribution < -0.4 is 14.8 Å². The smallest absolute Gasteiger partial charge is 0.251 e. The maximum atomic E-state index is 12.8. The highest BCUT2D eigenvalue weighted by Gasteiger charge is 2.28. The van der Waals surface area contributed by atoms with Gasteiger partial charge in [-0.15, -0.1) is 0 Å². The van der Waals surface area contributed by atoms with E-state index < -0.39 is 21.5 Å². The number of hydrogen-bond acceptors (Lipinski definition) is 6. The summed E-state index contributed by atoms with van der Waals surface area (Å²) in [5, 5.41) is 9.69. The molecule has 0 atom stereocenters. The number of ether oxygens (including phenoxy) is 1. The molecule has 1 amide bonds. The van der Waals surface area contributed by atoms with E-state index in [1.807, 2.05) is 4.57 Å². The van der Waals surface area contributed by atoms with Crippen molar-refractivity contribution in [3.8, 4) is 5.75 Å². The van der Waals surface area contributed by atoms with Gasteiger partial charge in [0.2, 0.25) is 10.0 Å². The highest BCUT2D eigenvalue weighted by Crippen LogP contribution is 2.35. The molecule has 9 nitrogen and oxygen atoms in total. The predicted octanol–water partition coefficient (Wildman–Crippen LogP) is 2.29. The van der Waals surface area contributed by atoms with Gasteiger partial charge in [-0.25, -0.2) is 13.1 Å². The second-order valence-electron chi connectivity index (χ2n) is 7.95. The maximum Gasteiger partial charge on any atom is 0.251 e. The number of nitrogens with zero attached hydrogens (tertiary/aromatic N) is 2. The van der Waals surface area contributed by atoms with Gasteiger partial charge in [0.15, 0.2) is 10.6 Å². The summed E-state index contributed by atoms with van der Waals surface area (Å²) in [7, 11) is -2.50. The molecule has 1 fully saturated rings. The Hall–Kier alpha value is -2.24. The average Bonchev–Trinajstić information content (AvgIpc) is 3.39. The lowest BCUT2D eigenvalue weighted by Gasteiger charge is -2.21. The Morgan fingerprint density at radius 1 is 1.38 bits per heavy atom. The molecule has 1 aliphatic carbocycles. The van der Waals surface area contributed by atoms with Gasteiger partial charge >= 0.3 is 0 Å². The number of nitrogens with one attached hydrogen (secondary N) is 3. The first kappa shape index (κ1) is 21.5. The highest BCUT2D eigenvalue weighted by atomic mass is 32.2. The Morgan fingerprint density at radius 2 is 2.07 bits per heavy atom. The van der Waals surface area contributed by atoms with Crippen LogP contribution in [0.15, 0.2) is 23.1 Å². The van der Waals surface area contributed by atoms with Crippen LogP contribution in [-0.2, 0) is 16.6 Å². The van der Waals surface area contributed by atoms with Crippen LogP contribution in [0, 0.1) is 4.77 Å². The second kappa shape index (κ2) is 7.88. The van der Waals surface area contributed by atoms with Gasteiger partial charge < -0.3 is 10.1 Å². The third-order valence-corrected chi connectivity index (χ3v) is 6.32. The minimum Gasteiger partial charge on any atom is -0.495 e. The molecule has 1 aromatic heterocycles. The number of methoxy groups -OCH3 is 1. The Kier molecular flexibility index (Phi) is 5.84. The van der Waals surface area contributed by atoms with Crippen LogP contribution in [0.4, 0.5) is 0 Å². The summed E-state index contributed by atoms with van der Waals surface area (Å²) in [6, 6.07) is 4.61. The van der Waals surface area contributed by atoms with Crippen LogP contribution in [0.25, 0.3) is 0 Å². The zero-order valence-electron chi connectivity index (χ0n) is 16.8. The minimum atomic E-state index is -3.88. The van der Waals surface area contributed by atoms with E-state index in [0.29, 0.717) is 16.6 Å². The monoisotopic (exact) mass is 439 g/mol. The lowest BCUT2D eigenvalue weighted by atomic mass is 10.1. The van der Waals surface area contributed by atoms with Crippen molar-refractivity contribution in [1.29, 1.82) is 0 Å². The number of sulfonamides is 1. The number of aromatic amines is 1. The number of rotatable bonds is 7. The van der Waals surface area contributed by atoms with Crippen molar-refractivity contribution in [2.45, 2.75) is 56.6 Å². The number of H-pyrrole nitrogens is 1. The molecule has 0 aliphatic heterocycles. The van der Waals surface area contributed by atoms with E-state index in [2.05, 4.69) is 20.2 Å². The average molecular weight is 440 g/mol. The molecule has 0 spiro atoms. The van der Waals surface area contributed by atoms with E-state index in [1.54, 1.807) is 20.8 Å². The van der Waals surface area contributed by atoms with Crippen LogP contribution in [0.3, 0.4) is 0 Å². The fourth-order valence-corrected chi connectivity index (χ4v) is 4.83. The van der Waals surface area contributed by atoms with Crippen LogP contribution >= 0.6 is 12.2 Å². The first-order valence-corrected chi connectivity index (χ1v) is 11.1. The molecule has 0 bridgehead atoms. The summed E-state index contributed by atoms with van der Waals surface area (Å²) in [4.78, 5) is 12.6. The molecule has 0 radical (unpaired) electrons. The zero-order chi connectivity index (χ0) is 21.4. The Labute approximate surface area is 174 Å². The highest BCUT2D eigenvalue weighted by molar-refractivity contribution is 7.89. The summed E-state index contributed by atoms with van der Waals surface area (Å²) in [5.41, 5.74) is -0.479. The topological polar surface area (TPSA) is 118 Å². The molecule has 1 aliphatic rings. The number of amides is 1. The van der Waals surface area contributed by atoms with Gasteiger partial charge in [0.1, 0.15) is 10.6 Å². The third-order valence-electron chi connectivity index (χ3n) is 4.25. The summed E-state index contributed by atoms with van der Waals surface area (Å²) in [6.07, 6.45) is 2.07. The molecular weight excluding hydrogens is 414 g/mol.